The van der Waals surface area contributed by atoms with Crippen LogP contribution < -0.4 is 5.32 Å². The zero-order valence-electron chi connectivity index (χ0n) is 8.14. The number of aliphatic carboxylic acids is 1. The van der Waals surface area contributed by atoms with Gasteiger partial charge in [0, 0.05) is 5.75 Å². The Morgan fingerprint density at radius 2 is 2.38 bits per heavy atom. The van der Waals surface area contributed by atoms with Gasteiger partial charge in [-0.3, -0.25) is 14.4 Å². The Morgan fingerprint density at radius 1 is 1.69 bits per heavy atom. The van der Waals surface area contributed by atoms with E-state index in [0.29, 0.717) is 12.2 Å². The number of nitrogens with one attached hydrogen (secondary N) is 1. The molecule has 2 atom stereocenters. The van der Waals surface area contributed by atoms with Crippen molar-refractivity contribution in [2.24, 2.45) is 0 Å². The van der Waals surface area contributed by atoms with Crippen molar-refractivity contribution in [3.05, 3.63) is 0 Å². The van der Waals surface area contributed by atoms with Gasteiger partial charge in [-0.25, -0.2) is 0 Å². The lowest BCUT2D eigenvalue weighted by Crippen LogP contribution is -2.40. The van der Waals surface area contributed by atoms with Gasteiger partial charge in [-0.2, -0.15) is 0 Å². The molecule has 90 valence electrons. The second-order valence-corrected chi connectivity index (χ2v) is 5.93. The Bertz CT molecular complexity index is 312. The smallest absolute Gasteiger partial charge is 0.313 e. The number of rotatable bonds is 5. The van der Waals surface area contributed by atoms with Gasteiger partial charge in [0.1, 0.15) is 0 Å². The molecule has 1 fully saturated rings. The number of thioether (sulfide) groups is 2. The van der Waals surface area contributed by atoms with E-state index in [1.807, 2.05) is 0 Å². The van der Waals surface area contributed by atoms with Gasteiger partial charge >= 0.3 is 5.97 Å². The quantitative estimate of drug-likeness (QED) is 0.716. The van der Waals surface area contributed by atoms with Crippen molar-refractivity contribution >= 4 is 52.1 Å². The van der Waals surface area contributed by atoms with Crippen molar-refractivity contribution in [3.63, 3.8) is 0 Å². The molecule has 1 saturated heterocycles. The number of amides is 1. The van der Waals surface area contributed by atoms with Crippen molar-refractivity contribution in [1.82, 2.24) is 5.32 Å². The Hall–Kier alpha value is -0.400. The van der Waals surface area contributed by atoms with Crippen LogP contribution in [-0.2, 0) is 14.4 Å². The first-order valence-corrected chi connectivity index (χ1v) is 6.92. The van der Waals surface area contributed by atoms with Crippen LogP contribution in [0.25, 0.3) is 0 Å². The van der Waals surface area contributed by atoms with E-state index in [2.05, 4.69) is 5.32 Å². The molecule has 2 N–H and O–H groups in total. The fourth-order valence-corrected chi connectivity index (χ4v) is 2.78. The summed E-state index contributed by atoms with van der Waals surface area (Å²) < 4.78 is -0.977. The van der Waals surface area contributed by atoms with E-state index in [4.69, 9.17) is 16.7 Å². The molecular weight excluding hydrogens is 274 g/mol. The highest BCUT2D eigenvalue weighted by Gasteiger charge is 2.29. The van der Waals surface area contributed by atoms with E-state index >= 15 is 0 Å². The maximum atomic E-state index is 11.4. The molecule has 0 saturated carbocycles. The number of alkyl halides is 1. The lowest BCUT2D eigenvalue weighted by atomic mass is 10.2. The molecule has 0 aromatic rings. The van der Waals surface area contributed by atoms with Crippen LogP contribution in [0.5, 0.6) is 0 Å². The Balaban J connectivity index is 2.33. The van der Waals surface area contributed by atoms with Crippen LogP contribution in [0.4, 0.5) is 0 Å². The second kappa shape index (κ2) is 6.36. The average molecular weight is 284 g/mol. The number of hydrogen-bond donors (Lipinski definition) is 2. The van der Waals surface area contributed by atoms with Crippen molar-refractivity contribution < 1.29 is 19.5 Å². The molecule has 0 bridgehead atoms. The molecule has 0 aliphatic carbocycles. The molecule has 0 spiro atoms. The topological polar surface area (TPSA) is 83.5 Å². The lowest BCUT2D eigenvalue weighted by Gasteiger charge is -2.12. The first-order chi connectivity index (χ1) is 7.50. The van der Waals surface area contributed by atoms with E-state index in [-0.39, 0.29) is 10.9 Å². The van der Waals surface area contributed by atoms with Crippen LogP contribution >= 0.6 is 35.1 Å². The maximum absolute atomic E-state index is 11.4. The minimum absolute atomic E-state index is 0.0690. The summed E-state index contributed by atoms with van der Waals surface area (Å²) in [6.07, 6.45) is 0.600. The molecule has 1 heterocycles. The fraction of sp³-hybridized carbons (Fsp3) is 0.625. The van der Waals surface area contributed by atoms with E-state index in [9.17, 15) is 14.4 Å². The maximum Gasteiger partial charge on any atom is 0.313 e. The molecule has 8 heteroatoms. The van der Waals surface area contributed by atoms with E-state index < -0.39 is 22.6 Å². The van der Waals surface area contributed by atoms with Crippen LogP contribution in [-0.4, -0.2) is 44.4 Å². The minimum Gasteiger partial charge on any atom is -0.481 e. The molecule has 0 aromatic carbocycles. The third-order valence-electron chi connectivity index (χ3n) is 1.81. The first kappa shape index (κ1) is 13.7. The molecule has 0 aromatic heterocycles. The summed E-state index contributed by atoms with van der Waals surface area (Å²) >= 11 is 7.66. The summed E-state index contributed by atoms with van der Waals surface area (Å²) in [7, 11) is 0. The predicted octanol–water partition coefficient (Wildman–Crippen LogP) is 0.517. The average Bonchev–Trinajstić information content (AvgIpc) is 2.60. The fourth-order valence-electron chi connectivity index (χ4n) is 1.08. The van der Waals surface area contributed by atoms with E-state index in [0.717, 1.165) is 11.8 Å². The molecule has 16 heavy (non-hydrogen) atoms. The van der Waals surface area contributed by atoms with E-state index in [1.54, 1.807) is 0 Å². The van der Waals surface area contributed by atoms with Crippen molar-refractivity contribution in [3.8, 4) is 0 Å². The van der Waals surface area contributed by atoms with Crippen LogP contribution in [0, 0.1) is 0 Å². The summed E-state index contributed by atoms with van der Waals surface area (Å²) in [5.74, 6) is -1.08. The number of halogens is 1. The highest BCUT2D eigenvalue weighted by Crippen LogP contribution is 2.21. The Kier molecular flexibility index (Phi) is 5.43. The van der Waals surface area contributed by atoms with Gasteiger partial charge in [-0.15, -0.1) is 23.4 Å². The van der Waals surface area contributed by atoms with Gasteiger partial charge in [0.2, 0.25) is 11.0 Å². The molecule has 1 aliphatic heterocycles. The third kappa shape index (κ3) is 4.23. The zero-order valence-corrected chi connectivity index (χ0v) is 10.5. The van der Waals surface area contributed by atoms with Crippen molar-refractivity contribution in [2.75, 3.05) is 11.5 Å². The van der Waals surface area contributed by atoms with Gasteiger partial charge in [0.15, 0.2) is 4.71 Å². The molecule has 2 unspecified atom stereocenters. The normalized spacial score (nSPS) is 21.8. The molecule has 1 amide bonds. The zero-order chi connectivity index (χ0) is 12.1. The summed E-state index contributed by atoms with van der Waals surface area (Å²) in [5.41, 5.74) is 0. The first-order valence-electron chi connectivity index (χ1n) is 4.45. The SMILES string of the molecule is O=C(O)CSC(Cl)C(=O)NC1CCSC1=O. The Morgan fingerprint density at radius 3 is 2.88 bits per heavy atom. The van der Waals surface area contributed by atoms with E-state index in [1.165, 1.54) is 11.8 Å². The summed E-state index contributed by atoms with van der Waals surface area (Å²) in [6, 6.07) is -0.482. The summed E-state index contributed by atoms with van der Waals surface area (Å²) in [6.45, 7) is 0. The predicted molar refractivity (Wildman–Crippen MR) is 63.7 cm³/mol. The van der Waals surface area contributed by atoms with Gasteiger partial charge in [-0.05, 0) is 6.42 Å². The Labute approximate surface area is 106 Å². The minimum atomic E-state index is -1.03. The number of carbonyl (C=O) groups excluding carboxylic acids is 2. The molecule has 1 aliphatic rings. The number of hydrogen-bond acceptors (Lipinski definition) is 5. The van der Waals surface area contributed by atoms with Crippen molar-refractivity contribution in [2.45, 2.75) is 17.2 Å². The van der Waals surface area contributed by atoms with Gasteiger partial charge < -0.3 is 10.4 Å². The molecular formula is C8H10ClNO4S2. The van der Waals surface area contributed by atoms with Crippen LogP contribution in [0.3, 0.4) is 0 Å². The van der Waals surface area contributed by atoms with Crippen molar-refractivity contribution in [1.29, 1.82) is 0 Å². The summed E-state index contributed by atoms with van der Waals surface area (Å²) in [4.78, 5) is 32.9. The molecule has 1 rings (SSSR count). The molecule has 0 radical (unpaired) electrons. The lowest BCUT2D eigenvalue weighted by molar-refractivity contribution is -0.133. The number of carbonyl (C=O) groups is 3. The van der Waals surface area contributed by atoms with Crippen LogP contribution in [0.1, 0.15) is 6.42 Å². The summed E-state index contributed by atoms with van der Waals surface area (Å²) in [5, 5.41) is 10.8. The second-order valence-electron chi connectivity index (χ2n) is 3.04. The molecule has 5 nitrogen and oxygen atoms in total. The van der Waals surface area contributed by atoms with Gasteiger partial charge in [0.05, 0.1) is 11.8 Å². The number of carboxylic acid groups (broad SMARTS) is 1. The third-order valence-corrected chi connectivity index (χ3v) is 4.32. The van der Waals surface area contributed by atoms with Gasteiger partial charge in [-0.1, -0.05) is 11.8 Å². The van der Waals surface area contributed by atoms with Crippen LogP contribution in [0.15, 0.2) is 0 Å². The largest absolute Gasteiger partial charge is 0.481 e. The highest BCUT2D eigenvalue weighted by molar-refractivity contribution is 8.14. The monoisotopic (exact) mass is 283 g/mol. The highest BCUT2D eigenvalue weighted by atomic mass is 35.5. The van der Waals surface area contributed by atoms with Gasteiger partial charge in [0.25, 0.3) is 0 Å². The standard InChI is InChI=1S/C8H10ClNO4S2/c9-6(16-3-5(11)12)7(13)10-4-1-2-15-8(4)14/h4,6H,1-3H2,(H,10,13)(H,11,12). The van der Waals surface area contributed by atoms with Crippen LogP contribution in [0.2, 0.25) is 0 Å². The number of carboxylic acids is 1.